The van der Waals surface area contributed by atoms with Crippen molar-refractivity contribution >= 4 is 0 Å². The van der Waals surface area contributed by atoms with Crippen molar-refractivity contribution in [2.45, 2.75) is 25.9 Å². The first kappa shape index (κ1) is 13.6. The van der Waals surface area contributed by atoms with Crippen molar-refractivity contribution in [3.05, 3.63) is 47.8 Å². The fourth-order valence-corrected chi connectivity index (χ4v) is 2.25. The van der Waals surface area contributed by atoms with Crippen molar-refractivity contribution in [2.24, 2.45) is 7.05 Å². The van der Waals surface area contributed by atoms with Crippen LogP contribution in [-0.4, -0.2) is 16.9 Å². The van der Waals surface area contributed by atoms with Crippen molar-refractivity contribution in [1.82, 2.24) is 15.1 Å². The summed E-state index contributed by atoms with van der Waals surface area (Å²) in [6, 6.07) is 8.55. The van der Waals surface area contributed by atoms with Gasteiger partial charge in [-0.2, -0.15) is 5.10 Å². The molecule has 2 aromatic rings. The summed E-state index contributed by atoms with van der Waals surface area (Å²) in [6.45, 7) is 4.29. The van der Waals surface area contributed by atoms with Gasteiger partial charge in [0, 0.05) is 36.5 Å². The molecule has 0 saturated heterocycles. The Kier molecular flexibility index (Phi) is 4.22. The van der Waals surface area contributed by atoms with Gasteiger partial charge in [-0.05, 0) is 19.9 Å². The van der Waals surface area contributed by atoms with Gasteiger partial charge < -0.3 is 10.1 Å². The normalized spacial score (nSPS) is 14.1. The molecule has 4 heteroatoms. The average Bonchev–Trinajstić information content (AvgIpc) is 2.85. The minimum Gasteiger partial charge on any atom is -0.496 e. The molecular formula is C15H21N3O. The summed E-state index contributed by atoms with van der Waals surface area (Å²) < 4.78 is 7.22. The number of hydrogen-bond acceptors (Lipinski definition) is 3. The van der Waals surface area contributed by atoms with Crippen molar-refractivity contribution in [1.29, 1.82) is 0 Å². The second-order valence-corrected chi connectivity index (χ2v) is 4.80. The molecule has 1 N–H and O–H groups in total. The van der Waals surface area contributed by atoms with E-state index >= 15 is 0 Å². The molecule has 0 aliphatic carbocycles. The van der Waals surface area contributed by atoms with Gasteiger partial charge in [-0.15, -0.1) is 0 Å². The third kappa shape index (κ3) is 3.15. The van der Waals surface area contributed by atoms with E-state index in [1.165, 1.54) is 11.1 Å². The first-order valence-corrected chi connectivity index (χ1v) is 6.49. The molecule has 1 heterocycles. The minimum atomic E-state index is 0.214. The number of aryl methyl sites for hydroxylation is 1. The Hall–Kier alpha value is -1.81. The van der Waals surface area contributed by atoms with E-state index in [1.54, 1.807) is 7.11 Å². The number of benzene rings is 1. The molecule has 1 aromatic heterocycles. The summed E-state index contributed by atoms with van der Waals surface area (Å²) in [6.07, 6.45) is 3.93. The van der Waals surface area contributed by atoms with Crippen molar-refractivity contribution in [2.75, 3.05) is 7.11 Å². The van der Waals surface area contributed by atoms with E-state index in [0.29, 0.717) is 0 Å². The monoisotopic (exact) mass is 259 g/mol. The Morgan fingerprint density at radius 2 is 1.95 bits per heavy atom. The van der Waals surface area contributed by atoms with Crippen molar-refractivity contribution in [3.63, 3.8) is 0 Å². The summed E-state index contributed by atoms with van der Waals surface area (Å²) in [7, 11) is 3.63. The zero-order valence-electron chi connectivity index (χ0n) is 11.9. The van der Waals surface area contributed by atoms with Gasteiger partial charge in [0.1, 0.15) is 5.75 Å². The van der Waals surface area contributed by atoms with Gasteiger partial charge in [-0.3, -0.25) is 4.68 Å². The maximum absolute atomic E-state index is 5.40. The van der Waals surface area contributed by atoms with Gasteiger partial charge in [-0.25, -0.2) is 0 Å². The van der Waals surface area contributed by atoms with Crippen LogP contribution in [0.3, 0.4) is 0 Å². The van der Waals surface area contributed by atoms with Crippen LogP contribution in [0, 0.1) is 0 Å². The van der Waals surface area contributed by atoms with Crippen molar-refractivity contribution in [3.8, 4) is 5.75 Å². The topological polar surface area (TPSA) is 39.1 Å². The Bertz CT molecular complexity index is 536. The quantitative estimate of drug-likeness (QED) is 0.897. The lowest BCUT2D eigenvalue weighted by Crippen LogP contribution is -2.22. The summed E-state index contributed by atoms with van der Waals surface area (Å²) in [5, 5.41) is 7.77. The molecule has 0 radical (unpaired) electrons. The van der Waals surface area contributed by atoms with Crippen LogP contribution in [0.25, 0.3) is 0 Å². The van der Waals surface area contributed by atoms with E-state index in [9.17, 15) is 0 Å². The third-order valence-electron chi connectivity index (χ3n) is 3.33. The van der Waals surface area contributed by atoms with E-state index in [4.69, 9.17) is 4.74 Å². The average molecular weight is 259 g/mol. The predicted octanol–water partition coefficient (Wildman–Crippen LogP) is 2.84. The first-order valence-electron chi connectivity index (χ1n) is 6.49. The molecule has 102 valence electrons. The molecule has 0 aliphatic rings. The number of rotatable bonds is 5. The molecule has 19 heavy (non-hydrogen) atoms. The zero-order chi connectivity index (χ0) is 13.8. The lowest BCUT2D eigenvalue weighted by atomic mass is 10.1. The third-order valence-corrected chi connectivity index (χ3v) is 3.33. The molecule has 2 rings (SSSR count). The van der Waals surface area contributed by atoms with Crippen LogP contribution in [0.5, 0.6) is 5.75 Å². The van der Waals surface area contributed by atoms with Crippen molar-refractivity contribution < 1.29 is 4.74 Å². The van der Waals surface area contributed by atoms with E-state index < -0.39 is 0 Å². The zero-order valence-corrected chi connectivity index (χ0v) is 11.9. The van der Waals surface area contributed by atoms with Gasteiger partial charge in [0.2, 0.25) is 0 Å². The van der Waals surface area contributed by atoms with Gasteiger partial charge in [-0.1, -0.05) is 18.2 Å². The highest BCUT2D eigenvalue weighted by Gasteiger charge is 2.15. The molecule has 1 unspecified atom stereocenters. The number of hydrogen-bond donors (Lipinski definition) is 1. The molecule has 4 nitrogen and oxygen atoms in total. The standard InChI is InChI=1S/C15H21N3O/c1-11(13-9-16-18(3)10-13)17-12(2)14-7-5-6-8-15(14)19-4/h5-12,17H,1-4H3/t11?,12-/m0/s1. The van der Waals surface area contributed by atoms with Crippen LogP contribution in [0.4, 0.5) is 0 Å². The van der Waals surface area contributed by atoms with Crippen LogP contribution in [0.15, 0.2) is 36.7 Å². The smallest absolute Gasteiger partial charge is 0.123 e. The molecule has 2 atom stereocenters. The largest absolute Gasteiger partial charge is 0.496 e. The van der Waals surface area contributed by atoms with E-state index in [-0.39, 0.29) is 12.1 Å². The van der Waals surface area contributed by atoms with Gasteiger partial charge in [0.25, 0.3) is 0 Å². The molecule has 0 aliphatic heterocycles. The number of ether oxygens (including phenoxy) is 1. The van der Waals surface area contributed by atoms with Crippen LogP contribution < -0.4 is 10.1 Å². The molecule has 0 amide bonds. The molecule has 0 bridgehead atoms. The highest BCUT2D eigenvalue weighted by Crippen LogP contribution is 2.26. The first-order chi connectivity index (χ1) is 9.11. The highest BCUT2D eigenvalue weighted by molar-refractivity contribution is 5.35. The van der Waals surface area contributed by atoms with Crippen LogP contribution in [-0.2, 0) is 7.05 Å². The number of nitrogens with one attached hydrogen (secondary N) is 1. The van der Waals surface area contributed by atoms with E-state index in [2.05, 4.69) is 30.3 Å². The number of nitrogens with zero attached hydrogens (tertiary/aromatic N) is 2. The SMILES string of the molecule is COc1ccccc1[C@H](C)NC(C)c1cnn(C)c1. The fourth-order valence-electron chi connectivity index (χ4n) is 2.25. The Balaban J connectivity index is 2.10. The minimum absolute atomic E-state index is 0.214. The van der Waals surface area contributed by atoms with Gasteiger partial charge in [0.05, 0.1) is 13.3 Å². The molecule has 1 aromatic carbocycles. The number of para-hydroxylation sites is 1. The molecule has 0 fully saturated rings. The van der Waals surface area contributed by atoms with E-state index in [0.717, 1.165) is 5.75 Å². The summed E-state index contributed by atoms with van der Waals surface area (Å²) in [5.41, 5.74) is 2.35. The summed E-state index contributed by atoms with van der Waals surface area (Å²) in [5.74, 6) is 0.917. The van der Waals surface area contributed by atoms with E-state index in [1.807, 2.05) is 42.3 Å². The van der Waals surface area contributed by atoms with Gasteiger partial charge >= 0.3 is 0 Å². The summed E-state index contributed by atoms with van der Waals surface area (Å²) in [4.78, 5) is 0. The van der Waals surface area contributed by atoms with Crippen LogP contribution in [0.1, 0.15) is 37.1 Å². The number of aromatic nitrogens is 2. The molecule has 0 saturated carbocycles. The second kappa shape index (κ2) is 5.89. The Morgan fingerprint density at radius 1 is 1.21 bits per heavy atom. The van der Waals surface area contributed by atoms with Crippen LogP contribution >= 0.6 is 0 Å². The highest BCUT2D eigenvalue weighted by atomic mass is 16.5. The van der Waals surface area contributed by atoms with Crippen LogP contribution in [0.2, 0.25) is 0 Å². The maximum Gasteiger partial charge on any atom is 0.123 e. The maximum atomic E-state index is 5.40. The van der Waals surface area contributed by atoms with Gasteiger partial charge in [0.15, 0.2) is 0 Å². The Morgan fingerprint density at radius 3 is 2.58 bits per heavy atom. The predicted molar refractivity (Wildman–Crippen MR) is 76.2 cm³/mol. The second-order valence-electron chi connectivity index (χ2n) is 4.80. The lowest BCUT2D eigenvalue weighted by molar-refractivity contribution is 0.396. The summed E-state index contributed by atoms with van der Waals surface area (Å²) >= 11 is 0. The molecular weight excluding hydrogens is 238 g/mol. The molecule has 0 spiro atoms. The lowest BCUT2D eigenvalue weighted by Gasteiger charge is -2.21. The fraction of sp³-hybridized carbons (Fsp3) is 0.400. The Labute approximate surface area is 114 Å². The number of methoxy groups -OCH3 is 1.